The van der Waals surface area contributed by atoms with Crippen LogP contribution in [0.1, 0.15) is 42.6 Å². The third-order valence-electron chi connectivity index (χ3n) is 5.95. The molecule has 8 heteroatoms. The predicted molar refractivity (Wildman–Crippen MR) is 137 cm³/mol. The molecule has 3 atom stereocenters. The first-order valence-corrected chi connectivity index (χ1v) is 13.2. The highest BCUT2D eigenvalue weighted by molar-refractivity contribution is 7.99. The normalized spacial score (nSPS) is 19.1. The van der Waals surface area contributed by atoms with E-state index in [1.807, 2.05) is 67.6 Å². The number of unbranched alkanes of at least 4 members (excludes halogenated alkanes) is 1. The molecule has 3 rings (SSSR count). The molecule has 1 aliphatic rings. The predicted octanol–water partition coefficient (Wildman–Crippen LogP) is 3.69. The standard InChI is InChI=1S/C27H34N2O5S/c1-2-3-16-34-27(33)22(15-14-20-10-6-4-7-11-20)28-23-19-35-24(21-12-8-5-9-13-21)17-29(26(23)32)18-25(30)31/h4-13,22-24,28H,2-3,14-19H2,1H3,(H,30,31). The summed E-state index contributed by atoms with van der Waals surface area (Å²) in [6, 6.07) is 18.3. The van der Waals surface area contributed by atoms with Crippen molar-refractivity contribution in [3.8, 4) is 0 Å². The highest BCUT2D eigenvalue weighted by Gasteiger charge is 2.35. The van der Waals surface area contributed by atoms with Crippen molar-refractivity contribution in [2.75, 3.05) is 25.4 Å². The van der Waals surface area contributed by atoms with Crippen molar-refractivity contribution in [2.45, 2.75) is 49.9 Å². The van der Waals surface area contributed by atoms with Crippen LogP contribution < -0.4 is 5.32 Å². The van der Waals surface area contributed by atoms with Crippen LogP contribution in [0.15, 0.2) is 60.7 Å². The number of nitrogens with one attached hydrogen (secondary N) is 1. The van der Waals surface area contributed by atoms with E-state index in [4.69, 9.17) is 4.74 Å². The lowest BCUT2D eigenvalue weighted by Crippen LogP contribution is -2.53. The molecule has 1 aliphatic heterocycles. The zero-order chi connectivity index (χ0) is 25.0. The molecule has 0 spiro atoms. The molecule has 7 nitrogen and oxygen atoms in total. The highest BCUT2D eigenvalue weighted by Crippen LogP contribution is 2.33. The number of benzene rings is 2. The molecule has 1 heterocycles. The Morgan fingerprint density at radius 1 is 1.14 bits per heavy atom. The van der Waals surface area contributed by atoms with Gasteiger partial charge in [0.1, 0.15) is 12.6 Å². The fraction of sp³-hybridized carbons (Fsp3) is 0.444. The van der Waals surface area contributed by atoms with Crippen molar-refractivity contribution in [1.29, 1.82) is 0 Å². The maximum atomic E-state index is 13.4. The number of carboxylic acids is 1. The number of amides is 1. The summed E-state index contributed by atoms with van der Waals surface area (Å²) in [6.07, 6.45) is 2.82. The molecule has 35 heavy (non-hydrogen) atoms. The van der Waals surface area contributed by atoms with Crippen LogP contribution in [0.4, 0.5) is 0 Å². The van der Waals surface area contributed by atoms with Crippen LogP contribution in [-0.4, -0.2) is 65.4 Å². The number of hydrogen-bond donors (Lipinski definition) is 2. The lowest BCUT2D eigenvalue weighted by atomic mass is 10.0. The second kappa shape index (κ2) is 13.9. The van der Waals surface area contributed by atoms with Gasteiger partial charge in [-0.3, -0.25) is 19.7 Å². The van der Waals surface area contributed by atoms with Crippen LogP contribution in [0.5, 0.6) is 0 Å². The monoisotopic (exact) mass is 498 g/mol. The number of carbonyl (C=O) groups excluding carboxylic acids is 2. The van der Waals surface area contributed by atoms with Crippen LogP contribution in [0.25, 0.3) is 0 Å². The summed E-state index contributed by atoms with van der Waals surface area (Å²) in [4.78, 5) is 39.2. The Kier molecular flexibility index (Phi) is 10.6. The Bertz CT molecular complexity index is 957. The third kappa shape index (κ3) is 8.40. The van der Waals surface area contributed by atoms with E-state index in [-0.39, 0.29) is 23.7 Å². The smallest absolute Gasteiger partial charge is 0.323 e. The molecule has 0 aliphatic carbocycles. The van der Waals surface area contributed by atoms with Crippen LogP contribution >= 0.6 is 11.8 Å². The Morgan fingerprint density at radius 2 is 1.83 bits per heavy atom. The van der Waals surface area contributed by atoms with Crippen LogP contribution in [-0.2, 0) is 25.5 Å². The van der Waals surface area contributed by atoms with Crippen molar-refractivity contribution >= 4 is 29.6 Å². The minimum Gasteiger partial charge on any atom is -0.480 e. The first-order valence-electron chi connectivity index (χ1n) is 12.1. The quantitative estimate of drug-likeness (QED) is 0.340. The summed E-state index contributed by atoms with van der Waals surface area (Å²) in [6.45, 7) is 2.29. The van der Waals surface area contributed by atoms with Gasteiger partial charge in [-0.25, -0.2) is 0 Å². The van der Waals surface area contributed by atoms with Crippen molar-refractivity contribution in [2.24, 2.45) is 0 Å². The van der Waals surface area contributed by atoms with Gasteiger partial charge in [0.25, 0.3) is 0 Å². The SMILES string of the molecule is CCCCOC(=O)C(CCc1ccccc1)NC1CSC(c2ccccc2)CN(CC(=O)O)C1=O. The molecular formula is C27H34N2O5S. The van der Waals surface area contributed by atoms with Gasteiger partial charge in [-0.15, -0.1) is 11.8 Å². The molecule has 2 N–H and O–H groups in total. The van der Waals surface area contributed by atoms with Gasteiger partial charge < -0.3 is 14.7 Å². The van der Waals surface area contributed by atoms with Crippen LogP contribution in [0.3, 0.4) is 0 Å². The molecule has 1 amide bonds. The van der Waals surface area contributed by atoms with Crippen LogP contribution in [0, 0.1) is 0 Å². The number of carboxylic acid groups (broad SMARTS) is 1. The van der Waals surface area contributed by atoms with E-state index in [1.165, 1.54) is 4.90 Å². The first-order chi connectivity index (χ1) is 17.0. The average Bonchev–Trinajstić information content (AvgIpc) is 3.01. The lowest BCUT2D eigenvalue weighted by Gasteiger charge is -2.27. The summed E-state index contributed by atoms with van der Waals surface area (Å²) in [5.74, 6) is -1.31. The van der Waals surface area contributed by atoms with Gasteiger partial charge in [0.2, 0.25) is 5.91 Å². The molecule has 0 bridgehead atoms. The van der Waals surface area contributed by atoms with Gasteiger partial charge in [0.15, 0.2) is 0 Å². The summed E-state index contributed by atoms with van der Waals surface area (Å²) in [5.41, 5.74) is 2.14. The van der Waals surface area contributed by atoms with Gasteiger partial charge in [0.05, 0.1) is 12.6 Å². The van der Waals surface area contributed by atoms with Gasteiger partial charge in [-0.1, -0.05) is 74.0 Å². The molecule has 188 valence electrons. The minimum atomic E-state index is -1.06. The molecule has 1 fully saturated rings. The average molecular weight is 499 g/mol. The number of hydrogen-bond acceptors (Lipinski definition) is 6. The largest absolute Gasteiger partial charge is 0.480 e. The van der Waals surface area contributed by atoms with E-state index in [9.17, 15) is 19.5 Å². The summed E-state index contributed by atoms with van der Waals surface area (Å²) < 4.78 is 5.50. The third-order valence-corrected chi connectivity index (χ3v) is 7.30. The first kappa shape index (κ1) is 26.8. The van der Waals surface area contributed by atoms with Crippen LogP contribution in [0.2, 0.25) is 0 Å². The van der Waals surface area contributed by atoms with E-state index in [1.54, 1.807) is 11.8 Å². The van der Waals surface area contributed by atoms with Crippen molar-refractivity contribution in [1.82, 2.24) is 10.2 Å². The maximum absolute atomic E-state index is 13.4. The van der Waals surface area contributed by atoms with Gasteiger partial charge in [-0.2, -0.15) is 0 Å². The number of aliphatic carboxylic acids is 1. The van der Waals surface area contributed by atoms with Crippen molar-refractivity contribution < 1.29 is 24.2 Å². The topological polar surface area (TPSA) is 95.9 Å². The zero-order valence-electron chi connectivity index (χ0n) is 20.1. The summed E-state index contributed by atoms with van der Waals surface area (Å²) in [7, 11) is 0. The Morgan fingerprint density at radius 3 is 2.49 bits per heavy atom. The molecular weight excluding hydrogens is 464 g/mol. The highest BCUT2D eigenvalue weighted by atomic mass is 32.2. The molecule has 0 aromatic heterocycles. The van der Waals surface area contributed by atoms with Gasteiger partial charge in [-0.05, 0) is 30.4 Å². The van der Waals surface area contributed by atoms with Crippen molar-refractivity contribution in [3.05, 3.63) is 71.8 Å². The molecule has 2 aromatic carbocycles. The zero-order valence-corrected chi connectivity index (χ0v) is 20.9. The molecule has 3 unspecified atom stereocenters. The van der Waals surface area contributed by atoms with E-state index < -0.39 is 18.1 Å². The lowest BCUT2D eigenvalue weighted by molar-refractivity contribution is -0.148. The summed E-state index contributed by atoms with van der Waals surface area (Å²) in [5, 5.41) is 12.6. The molecule has 0 saturated carbocycles. The van der Waals surface area contributed by atoms with E-state index >= 15 is 0 Å². The Hall–Kier alpha value is -2.84. The fourth-order valence-corrected chi connectivity index (χ4v) is 5.33. The second-order valence-electron chi connectivity index (χ2n) is 8.66. The molecule has 1 saturated heterocycles. The number of esters is 1. The fourth-order valence-electron chi connectivity index (χ4n) is 4.03. The van der Waals surface area contributed by atoms with Crippen molar-refractivity contribution in [3.63, 3.8) is 0 Å². The minimum absolute atomic E-state index is 0.0504. The maximum Gasteiger partial charge on any atom is 0.323 e. The van der Waals surface area contributed by atoms with E-state index in [2.05, 4.69) is 5.32 Å². The van der Waals surface area contributed by atoms with Gasteiger partial charge >= 0.3 is 11.9 Å². The number of thioether (sulfide) groups is 1. The second-order valence-corrected chi connectivity index (χ2v) is 9.90. The molecule has 0 radical (unpaired) electrons. The molecule has 2 aromatic rings. The Balaban J connectivity index is 1.76. The van der Waals surface area contributed by atoms with E-state index in [0.717, 1.165) is 24.0 Å². The Labute approximate surface area is 211 Å². The number of carbonyl (C=O) groups is 3. The number of aryl methyl sites for hydroxylation is 1. The number of rotatable bonds is 12. The summed E-state index contributed by atoms with van der Waals surface area (Å²) >= 11 is 1.60. The van der Waals surface area contributed by atoms with Gasteiger partial charge in [0, 0.05) is 17.5 Å². The van der Waals surface area contributed by atoms with E-state index in [0.29, 0.717) is 31.7 Å². The number of nitrogens with zero attached hydrogens (tertiary/aromatic N) is 1. The number of ether oxygens (including phenoxy) is 1.